The normalized spacial score (nSPS) is 10.8. The Morgan fingerprint density at radius 1 is 0.941 bits per heavy atom. The van der Waals surface area contributed by atoms with Crippen LogP contribution < -0.4 is 4.84 Å². The molecule has 0 aliphatic heterocycles. The van der Waals surface area contributed by atoms with Gasteiger partial charge in [-0.1, -0.05) is 36.4 Å². The first-order valence-electron chi connectivity index (χ1n) is 5.47. The molecule has 0 bridgehead atoms. The third-order valence-corrected chi connectivity index (χ3v) is 2.81. The van der Waals surface area contributed by atoms with Crippen molar-refractivity contribution < 1.29 is 9.63 Å². The standard InChI is InChI=1S/C14H11NO2/c16-9-10-17-15-13-7-3-1-5-11(13)12-6-2-4-8-14(12)15/h1-9H,10H2. The van der Waals surface area contributed by atoms with Crippen LogP contribution in [0.15, 0.2) is 48.5 Å². The maximum absolute atomic E-state index is 10.4. The number of fused-ring (bicyclic) bond motifs is 3. The Morgan fingerprint density at radius 3 is 2.00 bits per heavy atom. The molecule has 84 valence electrons. The minimum absolute atomic E-state index is 0.0582. The van der Waals surface area contributed by atoms with E-state index in [0.717, 1.165) is 28.1 Å². The van der Waals surface area contributed by atoms with Crippen molar-refractivity contribution in [2.75, 3.05) is 6.61 Å². The summed E-state index contributed by atoms with van der Waals surface area (Å²) in [7, 11) is 0. The summed E-state index contributed by atoms with van der Waals surface area (Å²) in [5.74, 6) is 0. The van der Waals surface area contributed by atoms with Crippen LogP contribution in [-0.4, -0.2) is 17.6 Å². The van der Waals surface area contributed by atoms with Crippen molar-refractivity contribution in [2.45, 2.75) is 0 Å². The van der Waals surface area contributed by atoms with Gasteiger partial charge in [0.2, 0.25) is 0 Å². The van der Waals surface area contributed by atoms with Gasteiger partial charge in [0.15, 0.2) is 12.9 Å². The summed E-state index contributed by atoms with van der Waals surface area (Å²) in [5.41, 5.74) is 1.96. The first-order chi connectivity index (χ1) is 8.42. The molecule has 3 aromatic rings. The highest BCUT2D eigenvalue weighted by molar-refractivity contribution is 6.07. The van der Waals surface area contributed by atoms with E-state index in [2.05, 4.69) is 12.1 Å². The number of para-hydroxylation sites is 2. The molecule has 0 aliphatic carbocycles. The second-order valence-electron chi connectivity index (χ2n) is 3.79. The van der Waals surface area contributed by atoms with E-state index >= 15 is 0 Å². The number of hydrogen-bond acceptors (Lipinski definition) is 2. The number of nitrogens with zero attached hydrogens (tertiary/aromatic N) is 1. The van der Waals surface area contributed by atoms with E-state index in [9.17, 15) is 4.79 Å². The number of aromatic nitrogens is 1. The van der Waals surface area contributed by atoms with E-state index in [4.69, 9.17) is 4.84 Å². The third kappa shape index (κ3) is 1.47. The van der Waals surface area contributed by atoms with Crippen molar-refractivity contribution in [1.29, 1.82) is 0 Å². The van der Waals surface area contributed by atoms with E-state index in [1.54, 1.807) is 4.73 Å². The molecule has 0 amide bonds. The van der Waals surface area contributed by atoms with Gasteiger partial charge < -0.3 is 4.84 Å². The molecule has 17 heavy (non-hydrogen) atoms. The lowest BCUT2D eigenvalue weighted by Gasteiger charge is -2.05. The van der Waals surface area contributed by atoms with Crippen LogP contribution in [-0.2, 0) is 4.79 Å². The van der Waals surface area contributed by atoms with Crippen molar-refractivity contribution in [3.8, 4) is 0 Å². The summed E-state index contributed by atoms with van der Waals surface area (Å²) >= 11 is 0. The topological polar surface area (TPSA) is 31.2 Å². The summed E-state index contributed by atoms with van der Waals surface area (Å²) in [6.07, 6.45) is 0.754. The monoisotopic (exact) mass is 225 g/mol. The zero-order chi connectivity index (χ0) is 11.7. The zero-order valence-electron chi connectivity index (χ0n) is 9.17. The number of carbonyl (C=O) groups excluding carboxylic acids is 1. The number of carbonyl (C=O) groups is 1. The minimum atomic E-state index is 0.0582. The molecule has 0 N–H and O–H groups in total. The highest BCUT2D eigenvalue weighted by atomic mass is 16.7. The Kier molecular flexibility index (Phi) is 2.29. The fraction of sp³-hybridized carbons (Fsp3) is 0.0714. The predicted octanol–water partition coefficient (Wildman–Crippen LogP) is 2.42. The Balaban J connectivity index is 2.37. The molecule has 0 fully saturated rings. The summed E-state index contributed by atoms with van der Waals surface area (Å²) < 4.78 is 1.72. The molecule has 3 heteroatoms. The third-order valence-electron chi connectivity index (χ3n) is 2.81. The van der Waals surface area contributed by atoms with Crippen molar-refractivity contribution in [3.63, 3.8) is 0 Å². The number of aldehydes is 1. The molecule has 3 rings (SSSR count). The first kappa shape index (κ1) is 9.90. The van der Waals surface area contributed by atoms with Gasteiger partial charge in [0.25, 0.3) is 0 Å². The highest BCUT2D eigenvalue weighted by Crippen LogP contribution is 2.27. The maximum Gasteiger partial charge on any atom is 0.170 e. The van der Waals surface area contributed by atoms with Gasteiger partial charge >= 0.3 is 0 Å². The molecule has 2 aromatic carbocycles. The summed E-state index contributed by atoms with van der Waals surface area (Å²) in [4.78, 5) is 15.9. The quantitative estimate of drug-likeness (QED) is 0.641. The average molecular weight is 225 g/mol. The predicted molar refractivity (Wildman–Crippen MR) is 67.0 cm³/mol. The highest BCUT2D eigenvalue weighted by Gasteiger charge is 2.09. The lowest BCUT2D eigenvalue weighted by Crippen LogP contribution is -2.12. The van der Waals surface area contributed by atoms with Gasteiger partial charge in [0, 0.05) is 10.8 Å². The van der Waals surface area contributed by atoms with Gasteiger partial charge in [-0.3, -0.25) is 4.79 Å². The van der Waals surface area contributed by atoms with Crippen LogP contribution in [0.25, 0.3) is 21.8 Å². The second kappa shape index (κ2) is 3.94. The molecule has 3 nitrogen and oxygen atoms in total. The Bertz CT molecular complexity index is 632. The van der Waals surface area contributed by atoms with Crippen molar-refractivity contribution >= 4 is 28.1 Å². The van der Waals surface area contributed by atoms with E-state index in [1.807, 2.05) is 36.4 Å². The fourth-order valence-corrected chi connectivity index (χ4v) is 2.13. The van der Waals surface area contributed by atoms with Crippen molar-refractivity contribution in [2.24, 2.45) is 0 Å². The van der Waals surface area contributed by atoms with Gasteiger partial charge in [-0.15, -0.1) is 0 Å². The molecule has 1 heterocycles. The lowest BCUT2D eigenvalue weighted by molar-refractivity contribution is -0.111. The lowest BCUT2D eigenvalue weighted by atomic mass is 10.2. The van der Waals surface area contributed by atoms with Crippen LogP contribution in [0.2, 0.25) is 0 Å². The molecule has 0 atom stereocenters. The molecule has 0 saturated carbocycles. The van der Waals surface area contributed by atoms with E-state index in [0.29, 0.717) is 0 Å². The van der Waals surface area contributed by atoms with Gasteiger partial charge in [-0.25, -0.2) is 0 Å². The molecule has 1 aromatic heterocycles. The van der Waals surface area contributed by atoms with E-state index < -0.39 is 0 Å². The van der Waals surface area contributed by atoms with E-state index in [-0.39, 0.29) is 6.61 Å². The Labute approximate surface area is 98.2 Å². The Hall–Kier alpha value is -2.29. The molecule has 0 saturated heterocycles. The summed E-state index contributed by atoms with van der Waals surface area (Å²) in [6, 6.07) is 16.0. The molecular weight excluding hydrogens is 214 g/mol. The molecule has 0 unspecified atom stereocenters. The van der Waals surface area contributed by atoms with Crippen LogP contribution >= 0.6 is 0 Å². The van der Waals surface area contributed by atoms with Crippen LogP contribution in [0.5, 0.6) is 0 Å². The van der Waals surface area contributed by atoms with Gasteiger partial charge in [-0.05, 0) is 12.1 Å². The van der Waals surface area contributed by atoms with Crippen LogP contribution in [0.4, 0.5) is 0 Å². The number of benzene rings is 2. The molecular formula is C14H11NO2. The van der Waals surface area contributed by atoms with Crippen LogP contribution in [0.1, 0.15) is 0 Å². The summed E-state index contributed by atoms with van der Waals surface area (Å²) in [5, 5.41) is 2.27. The van der Waals surface area contributed by atoms with E-state index in [1.165, 1.54) is 0 Å². The maximum atomic E-state index is 10.4. The molecule has 0 aliphatic rings. The fourth-order valence-electron chi connectivity index (χ4n) is 2.13. The molecule has 0 radical (unpaired) electrons. The largest absolute Gasteiger partial charge is 0.406 e. The van der Waals surface area contributed by atoms with Gasteiger partial charge in [0.05, 0.1) is 11.0 Å². The SMILES string of the molecule is O=CCOn1c2ccccc2c2ccccc21. The second-order valence-corrected chi connectivity index (χ2v) is 3.79. The van der Waals surface area contributed by atoms with Gasteiger partial charge in [-0.2, -0.15) is 4.73 Å². The Morgan fingerprint density at radius 2 is 1.47 bits per heavy atom. The zero-order valence-corrected chi connectivity index (χ0v) is 9.17. The van der Waals surface area contributed by atoms with Crippen molar-refractivity contribution in [3.05, 3.63) is 48.5 Å². The van der Waals surface area contributed by atoms with Crippen molar-refractivity contribution in [1.82, 2.24) is 4.73 Å². The number of rotatable bonds is 3. The average Bonchev–Trinajstić information content (AvgIpc) is 2.71. The smallest absolute Gasteiger partial charge is 0.170 e. The van der Waals surface area contributed by atoms with Crippen LogP contribution in [0.3, 0.4) is 0 Å². The number of hydrogen-bond donors (Lipinski definition) is 0. The van der Waals surface area contributed by atoms with Crippen LogP contribution in [0, 0.1) is 0 Å². The summed E-state index contributed by atoms with van der Waals surface area (Å²) in [6.45, 7) is 0.0582. The minimum Gasteiger partial charge on any atom is -0.406 e. The van der Waals surface area contributed by atoms with Gasteiger partial charge in [0.1, 0.15) is 0 Å². The first-order valence-corrected chi connectivity index (χ1v) is 5.47. The molecule has 0 spiro atoms.